The number of carbonyl (C=O) groups excluding carboxylic acids is 1. The fourth-order valence-electron chi connectivity index (χ4n) is 4.45. The van der Waals surface area contributed by atoms with E-state index in [1.807, 2.05) is 0 Å². The number of nitrogens with zero attached hydrogens (tertiary/aromatic N) is 3. The molecule has 37 heavy (non-hydrogen) atoms. The zero-order valence-corrected chi connectivity index (χ0v) is 22.3. The lowest BCUT2D eigenvalue weighted by Crippen LogP contribution is -2.42. The summed E-state index contributed by atoms with van der Waals surface area (Å²) in [6, 6.07) is 3.70. The monoisotopic (exact) mass is 557 g/mol. The third kappa shape index (κ3) is 5.43. The fourth-order valence-corrected chi connectivity index (χ4v) is 5.46. The SMILES string of the molecule is CC(C)(C)OC(=O)N1CCC(n2cc(F)c3c(C(F)(F)c4ccc(S(C)(=O)=O)cc4Cl)ccnc32)CC1. The minimum atomic E-state index is -3.73. The largest absolute Gasteiger partial charge is 0.444 e. The average Bonchev–Trinajstić information content (AvgIpc) is 3.14. The first kappa shape index (κ1) is 27.3. The van der Waals surface area contributed by atoms with E-state index in [0.717, 1.165) is 36.7 Å². The van der Waals surface area contributed by atoms with Gasteiger partial charge in [-0.2, -0.15) is 8.78 Å². The van der Waals surface area contributed by atoms with Crippen LogP contribution in [0.15, 0.2) is 41.6 Å². The summed E-state index contributed by atoms with van der Waals surface area (Å²) < 4.78 is 77.1. The molecule has 7 nitrogen and oxygen atoms in total. The van der Waals surface area contributed by atoms with Crippen molar-refractivity contribution < 1.29 is 31.1 Å². The summed E-state index contributed by atoms with van der Waals surface area (Å²) in [6.07, 6.45) is 3.76. The van der Waals surface area contributed by atoms with Gasteiger partial charge in [0.1, 0.15) is 11.2 Å². The molecule has 3 aromatic rings. The number of sulfone groups is 1. The number of likely N-dealkylation sites (tertiary alicyclic amines) is 1. The van der Waals surface area contributed by atoms with Crippen LogP contribution in [0.1, 0.15) is 50.8 Å². The molecule has 4 rings (SSSR count). The van der Waals surface area contributed by atoms with E-state index in [2.05, 4.69) is 4.98 Å². The van der Waals surface area contributed by atoms with Gasteiger partial charge in [-0.1, -0.05) is 11.6 Å². The minimum Gasteiger partial charge on any atom is -0.444 e. The number of pyridine rings is 1. The molecule has 1 saturated heterocycles. The Morgan fingerprint density at radius 1 is 1.14 bits per heavy atom. The van der Waals surface area contributed by atoms with Gasteiger partial charge < -0.3 is 14.2 Å². The standard InChI is InChI=1S/C25H27ClF3N3O4S/c1-24(2,3)36-23(33)31-11-8-15(9-12-31)32-14-20(27)21-18(7-10-30-22(21)32)25(28,29)17-6-5-16(13-19(17)26)37(4,34)35/h5-7,10,13-15H,8-9,11-12H2,1-4H3. The highest BCUT2D eigenvalue weighted by atomic mass is 35.5. The zero-order chi connectivity index (χ0) is 27.3. The van der Waals surface area contributed by atoms with Crippen molar-refractivity contribution in [1.29, 1.82) is 0 Å². The molecule has 1 aliphatic rings. The van der Waals surface area contributed by atoms with Crippen molar-refractivity contribution in [3.8, 4) is 0 Å². The van der Waals surface area contributed by atoms with Gasteiger partial charge in [0, 0.05) is 48.9 Å². The molecule has 0 atom stereocenters. The summed E-state index contributed by atoms with van der Waals surface area (Å²) in [5, 5.41) is -0.794. The van der Waals surface area contributed by atoms with Crippen LogP contribution < -0.4 is 0 Å². The molecule has 0 spiro atoms. The lowest BCUT2D eigenvalue weighted by Gasteiger charge is -2.34. The number of fused-ring (bicyclic) bond motifs is 1. The fraction of sp³-hybridized carbons (Fsp3) is 0.440. The number of rotatable bonds is 4. The van der Waals surface area contributed by atoms with Gasteiger partial charge in [0.05, 0.1) is 15.3 Å². The van der Waals surface area contributed by atoms with Gasteiger partial charge in [0.2, 0.25) is 0 Å². The Hall–Kier alpha value is -2.79. The van der Waals surface area contributed by atoms with Crippen molar-refractivity contribution in [1.82, 2.24) is 14.5 Å². The minimum absolute atomic E-state index is 0.0503. The first-order valence-corrected chi connectivity index (χ1v) is 13.9. The van der Waals surface area contributed by atoms with E-state index in [9.17, 15) is 13.2 Å². The van der Waals surface area contributed by atoms with Gasteiger partial charge in [-0.25, -0.2) is 22.6 Å². The van der Waals surface area contributed by atoms with Crippen LogP contribution in [0.25, 0.3) is 11.0 Å². The predicted molar refractivity (Wildman–Crippen MR) is 133 cm³/mol. The lowest BCUT2D eigenvalue weighted by molar-refractivity contribution is 0.0189. The number of carbonyl (C=O) groups is 1. The number of ether oxygens (including phenoxy) is 1. The average molecular weight is 558 g/mol. The van der Waals surface area contributed by atoms with E-state index in [4.69, 9.17) is 16.3 Å². The summed E-state index contributed by atoms with van der Waals surface area (Å²) in [5.74, 6) is -4.60. The number of halogens is 4. The summed E-state index contributed by atoms with van der Waals surface area (Å²) in [6.45, 7) is 6.05. The van der Waals surface area contributed by atoms with E-state index in [0.29, 0.717) is 25.9 Å². The van der Waals surface area contributed by atoms with Gasteiger partial charge in [-0.3, -0.25) is 0 Å². The second kappa shape index (κ2) is 9.50. The van der Waals surface area contributed by atoms with Crippen LogP contribution in [-0.4, -0.2) is 53.9 Å². The zero-order valence-electron chi connectivity index (χ0n) is 20.8. The predicted octanol–water partition coefficient (Wildman–Crippen LogP) is 5.94. The second-order valence-electron chi connectivity index (χ2n) is 10.1. The first-order valence-electron chi connectivity index (χ1n) is 11.6. The van der Waals surface area contributed by atoms with Crippen LogP contribution in [0.2, 0.25) is 5.02 Å². The maximum atomic E-state index is 15.7. The number of piperidine rings is 1. The Bertz CT molecular complexity index is 1460. The van der Waals surface area contributed by atoms with Gasteiger partial charge in [-0.15, -0.1) is 0 Å². The summed E-state index contributed by atoms with van der Waals surface area (Å²) in [7, 11) is -3.66. The highest BCUT2D eigenvalue weighted by Crippen LogP contribution is 2.44. The van der Waals surface area contributed by atoms with E-state index >= 15 is 13.2 Å². The summed E-state index contributed by atoms with van der Waals surface area (Å²) in [5.41, 5.74) is -1.86. The second-order valence-corrected chi connectivity index (χ2v) is 12.6. The van der Waals surface area contributed by atoms with E-state index in [1.165, 1.54) is 10.8 Å². The maximum absolute atomic E-state index is 15.7. The van der Waals surface area contributed by atoms with Crippen LogP contribution in [0.3, 0.4) is 0 Å². The quantitative estimate of drug-likeness (QED) is 0.396. The molecule has 1 aromatic carbocycles. The Balaban J connectivity index is 1.66. The number of benzene rings is 1. The molecule has 0 unspecified atom stereocenters. The van der Waals surface area contributed by atoms with Crippen molar-refractivity contribution >= 4 is 38.6 Å². The van der Waals surface area contributed by atoms with Crippen LogP contribution in [0.4, 0.5) is 18.0 Å². The Morgan fingerprint density at radius 2 is 1.78 bits per heavy atom. The molecular weight excluding hydrogens is 531 g/mol. The maximum Gasteiger partial charge on any atom is 0.410 e. The third-order valence-corrected chi connectivity index (χ3v) is 7.64. The molecule has 0 aliphatic carbocycles. The Morgan fingerprint density at radius 3 is 2.35 bits per heavy atom. The summed E-state index contributed by atoms with van der Waals surface area (Å²) in [4.78, 5) is 17.9. The first-order chi connectivity index (χ1) is 17.1. The molecule has 0 N–H and O–H groups in total. The van der Waals surface area contributed by atoms with Crippen molar-refractivity contribution in [2.45, 2.75) is 56.1 Å². The molecule has 0 radical (unpaired) electrons. The molecule has 0 bridgehead atoms. The number of amides is 1. The molecule has 3 heterocycles. The van der Waals surface area contributed by atoms with Crippen molar-refractivity contribution in [2.24, 2.45) is 0 Å². The van der Waals surface area contributed by atoms with Crippen molar-refractivity contribution in [2.75, 3.05) is 19.3 Å². The van der Waals surface area contributed by atoms with Crippen LogP contribution in [0.5, 0.6) is 0 Å². The van der Waals surface area contributed by atoms with Gasteiger partial charge in [0.15, 0.2) is 15.7 Å². The topological polar surface area (TPSA) is 81.5 Å². The number of hydrogen-bond acceptors (Lipinski definition) is 5. The van der Waals surface area contributed by atoms with E-state index in [-0.39, 0.29) is 22.0 Å². The van der Waals surface area contributed by atoms with Crippen LogP contribution in [0, 0.1) is 5.82 Å². The smallest absolute Gasteiger partial charge is 0.410 e. The Kier molecular flexibility index (Phi) is 7.00. The van der Waals surface area contributed by atoms with Crippen molar-refractivity contribution in [3.05, 3.63) is 58.6 Å². The van der Waals surface area contributed by atoms with Crippen LogP contribution in [-0.2, 0) is 20.5 Å². The Labute approximate surface area is 218 Å². The molecule has 0 saturated carbocycles. The van der Waals surface area contributed by atoms with E-state index in [1.54, 1.807) is 25.7 Å². The normalized spacial score (nSPS) is 15.8. The van der Waals surface area contributed by atoms with Gasteiger partial charge in [0.25, 0.3) is 0 Å². The molecule has 200 valence electrons. The number of alkyl halides is 2. The third-order valence-electron chi connectivity index (χ3n) is 6.22. The van der Waals surface area contributed by atoms with Gasteiger partial charge >= 0.3 is 12.0 Å². The number of aromatic nitrogens is 2. The lowest BCUT2D eigenvalue weighted by atomic mass is 9.98. The highest BCUT2D eigenvalue weighted by Gasteiger charge is 2.40. The van der Waals surface area contributed by atoms with Gasteiger partial charge in [-0.05, 0) is 57.9 Å². The van der Waals surface area contributed by atoms with E-state index < -0.39 is 49.4 Å². The molecule has 12 heteroatoms. The molecule has 2 aromatic heterocycles. The molecule has 1 aliphatic heterocycles. The molecule has 1 fully saturated rings. The molecule has 1 amide bonds. The highest BCUT2D eigenvalue weighted by molar-refractivity contribution is 7.90. The van der Waals surface area contributed by atoms with Crippen molar-refractivity contribution in [3.63, 3.8) is 0 Å². The molecular formula is C25H27ClF3N3O4S. The van der Waals surface area contributed by atoms with Crippen LogP contribution >= 0.6 is 11.6 Å². The summed E-state index contributed by atoms with van der Waals surface area (Å²) >= 11 is 6.07. The number of hydrogen-bond donors (Lipinski definition) is 0.